The number of likely N-dealkylation sites (tertiary alicyclic amines) is 1. The molecule has 1 heterocycles. The van der Waals surface area contributed by atoms with E-state index >= 15 is 0 Å². The van der Waals surface area contributed by atoms with Crippen molar-refractivity contribution in [2.24, 2.45) is 0 Å². The van der Waals surface area contributed by atoms with Gasteiger partial charge in [-0.2, -0.15) is 0 Å². The molecule has 2 amide bonds. The monoisotopic (exact) mass is 276 g/mol. The highest BCUT2D eigenvalue weighted by Gasteiger charge is 2.22. The fraction of sp³-hybridized carbons (Fsp3) is 0.467. The third-order valence-corrected chi connectivity index (χ3v) is 3.02. The van der Waals surface area contributed by atoms with E-state index in [1.165, 1.54) is 0 Å². The maximum absolute atomic E-state index is 11.8. The van der Waals surface area contributed by atoms with E-state index in [0.717, 1.165) is 12.2 Å². The third-order valence-electron chi connectivity index (χ3n) is 3.02. The number of ether oxygens (including phenoxy) is 1. The molecule has 20 heavy (non-hydrogen) atoms. The van der Waals surface area contributed by atoms with Crippen LogP contribution in [-0.2, 0) is 9.59 Å². The van der Waals surface area contributed by atoms with Crippen molar-refractivity contribution < 1.29 is 14.3 Å². The summed E-state index contributed by atoms with van der Waals surface area (Å²) in [5, 5.41) is 2.78. The molecule has 0 bridgehead atoms. The quantitative estimate of drug-likeness (QED) is 0.895. The van der Waals surface area contributed by atoms with Gasteiger partial charge in [0, 0.05) is 18.7 Å². The summed E-state index contributed by atoms with van der Waals surface area (Å²) < 4.78 is 5.53. The minimum absolute atomic E-state index is 0.0563. The van der Waals surface area contributed by atoms with Crippen molar-refractivity contribution in [2.45, 2.75) is 32.8 Å². The Morgan fingerprint density at radius 3 is 2.60 bits per heavy atom. The second-order valence-corrected chi connectivity index (χ2v) is 5.16. The number of amides is 2. The summed E-state index contributed by atoms with van der Waals surface area (Å²) in [5.41, 5.74) is 0.706. The van der Waals surface area contributed by atoms with Crippen LogP contribution in [0.15, 0.2) is 24.3 Å². The Morgan fingerprint density at radius 1 is 1.35 bits per heavy atom. The van der Waals surface area contributed by atoms with E-state index in [9.17, 15) is 9.59 Å². The van der Waals surface area contributed by atoms with Crippen LogP contribution in [0.2, 0.25) is 0 Å². The Morgan fingerprint density at radius 2 is 2.05 bits per heavy atom. The second kappa shape index (κ2) is 6.41. The Balaban J connectivity index is 1.86. The molecule has 1 aliphatic heterocycles. The lowest BCUT2D eigenvalue weighted by Gasteiger charge is -2.15. The average molecular weight is 276 g/mol. The molecular formula is C15H20N2O3. The van der Waals surface area contributed by atoms with Crippen molar-refractivity contribution in [1.82, 2.24) is 4.90 Å². The predicted octanol–water partition coefficient (Wildman–Crippen LogP) is 2.03. The molecule has 1 aliphatic rings. The summed E-state index contributed by atoms with van der Waals surface area (Å²) in [4.78, 5) is 24.9. The van der Waals surface area contributed by atoms with Gasteiger partial charge in [0.15, 0.2) is 0 Å². The van der Waals surface area contributed by atoms with Gasteiger partial charge in [-0.3, -0.25) is 9.59 Å². The summed E-state index contributed by atoms with van der Waals surface area (Å²) in [6, 6.07) is 7.22. The highest BCUT2D eigenvalue weighted by molar-refractivity contribution is 5.94. The zero-order valence-electron chi connectivity index (χ0n) is 11.9. The lowest BCUT2D eigenvalue weighted by Crippen LogP contribution is -2.33. The van der Waals surface area contributed by atoms with Gasteiger partial charge >= 0.3 is 0 Å². The van der Waals surface area contributed by atoms with Crippen molar-refractivity contribution in [1.29, 1.82) is 0 Å². The topological polar surface area (TPSA) is 58.6 Å². The van der Waals surface area contributed by atoms with Gasteiger partial charge in [-0.05, 0) is 44.5 Å². The molecule has 1 aromatic carbocycles. The van der Waals surface area contributed by atoms with E-state index in [-0.39, 0.29) is 24.5 Å². The molecule has 0 aliphatic carbocycles. The summed E-state index contributed by atoms with van der Waals surface area (Å²) in [6.07, 6.45) is 1.51. The number of nitrogens with one attached hydrogen (secondary N) is 1. The van der Waals surface area contributed by atoms with Crippen molar-refractivity contribution in [3.63, 3.8) is 0 Å². The Bertz CT molecular complexity index is 482. The van der Waals surface area contributed by atoms with Gasteiger partial charge in [0.05, 0.1) is 12.6 Å². The molecule has 108 valence electrons. The first kappa shape index (κ1) is 14.4. The van der Waals surface area contributed by atoms with Gasteiger partial charge in [0.25, 0.3) is 0 Å². The van der Waals surface area contributed by atoms with E-state index in [2.05, 4.69) is 5.32 Å². The molecule has 5 nitrogen and oxygen atoms in total. The molecule has 0 aromatic heterocycles. The zero-order chi connectivity index (χ0) is 14.5. The van der Waals surface area contributed by atoms with Gasteiger partial charge in [-0.15, -0.1) is 0 Å². The molecule has 1 aromatic rings. The van der Waals surface area contributed by atoms with Gasteiger partial charge in [0.2, 0.25) is 11.8 Å². The van der Waals surface area contributed by atoms with Gasteiger partial charge in [-0.25, -0.2) is 0 Å². The van der Waals surface area contributed by atoms with Crippen LogP contribution in [0.4, 0.5) is 5.69 Å². The highest BCUT2D eigenvalue weighted by Crippen LogP contribution is 2.17. The summed E-state index contributed by atoms with van der Waals surface area (Å²) in [6.45, 7) is 4.72. The van der Waals surface area contributed by atoms with Gasteiger partial charge in [0.1, 0.15) is 5.75 Å². The van der Waals surface area contributed by atoms with E-state index in [1.807, 2.05) is 26.0 Å². The van der Waals surface area contributed by atoms with Crippen LogP contribution < -0.4 is 10.1 Å². The summed E-state index contributed by atoms with van der Waals surface area (Å²) >= 11 is 0. The van der Waals surface area contributed by atoms with Gasteiger partial charge in [-0.1, -0.05) is 0 Å². The maximum atomic E-state index is 11.8. The average Bonchev–Trinajstić information content (AvgIpc) is 2.77. The molecule has 0 spiro atoms. The van der Waals surface area contributed by atoms with Crippen LogP contribution in [0.5, 0.6) is 5.75 Å². The molecule has 0 unspecified atom stereocenters. The number of benzene rings is 1. The lowest BCUT2D eigenvalue weighted by molar-refractivity contribution is -0.131. The van der Waals surface area contributed by atoms with E-state index in [0.29, 0.717) is 18.7 Å². The van der Waals surface area contributed by atoms with Crippen molar-refractivity contribution in [3.8, 4) is 5.75 Å². The van der Waals surface area contributed by atoms with Crippen LogP contribution in [0, 0.1) is 0 Å². The predicted molar refractivity (Wildman–Crippen MR) is 76.6 cm³/mol. The lowest BCUT2D eigenvalue weighted by atomic mass is 10.3. The summed E-state index contributed by atoms with van der Waals surface area (Å²) in [7, 11) is 0. The third kappa shape index (κ3) is 3.98. The van der Waals surface area contributed by atoms with Crippen molar-refractivity contribution in [2.75, 3.05) is 18.4 Å². The molecule has 0 saturated carbocycles. The van der Waals surface area contributed by atoms with Crippen molar-refractivity contribution >= 4 is 17.5 Å². The first-order valence-electron chi connectivity index (χ1n) is 6.89. The molecule has 5 heteroatoms. The largest absolute Gasteiger partial charge is 0.491 e. The van der Waals surface area contributed by atoms with Crippen molar-refractivity contribution in [3.05, 3.63) is 24.3 Å². The first-order valence-corrected chi connectivity index (χ1v) is 6.89. The molecule has 1 saturated heterocycles. The number of anilines is 1. The number of nitrogens with zero attached hydrogens (tertiary/aromatic N) is 1. The van der Waals surface area contributed by atoms with Crippen LogP contribution in [0.3, 0.4) is 0 Å². The molecule has 0 radical (unpaired) electrons. The van der Waals surface area contributed by atoms with Crippen LogP contribution in [0.1, 0.15) is 26.7 Å². The minimum atomic E-state index is -0.169. The molecule has 2 rings (SSSR count). The normalized spacial score (nSPS) is 14.8. The molecular weight excluding hydrogens is 256 g/mol. The van der Waals surface area contributed by atoms with E-state index in [4.69, 9.17) is 4.74 Å². The first-order chi connectivity index (χ1) is 9.54. The number of hydrogen-bond donors (Lipinski definition) is 1. The van der Waals surface area contributed by atoms with Crippen LogP contribution in [0.25, 0.3) is 0 Å². The van der Waals surface area contributed by atoms with E-state index < -0.39 is 0 Å². The van der Waals surface area contributed by atoms with E-state index in [1.54, 1.807) is 17.0 Å². The van der Waals surface area contributed by atoms with Crippen LogP contribution >= 0.6 is 0 Å². The SMILES string of the molecule is CC(C)Oc1ccc(NC(=O)CN2CCCC2=O)cc1. The Hall–Kier alpha value is -2.04. The Kier molecular flexibility index (Phi) is 4.61. The Labute approximate surface area is 118 Å². The van der Waals surface area contributed by atoms with Gasteiger partial charge < -0.3 is 15.0 Å². The molecule has 1 N–H and O–H groups in total. The van der Waals surface area contributed by atoms with Crippen LogP contribution in [-0.4, -0.2) is 35.9 Å². The number of rotatable bonds is 5. The molecule has 0 atom stereocenters. The maximum Gasteiger partial charge on any atom is 0.243 e. The number of carbonyl (C=O) groups excluding carboxylic acids is 2. The fourth-order valence-corrected chi connectivity index (χ4v) is 2.13. The number of carbonyl (C=O) groups is 2. The fourth-order valence-electron chi connectivity index (χ4n) is 2.13. The minimum Gasteiger partial charge on any atom is -0.491 e. The highest BCUT2D eigenvalue weighted by atomic mass is 16.5. The standard InChI is InChI=1S/C15H20N2O3/c1-11(2)20-13-7-5-12(6-8-13)16-14(18)10-17-9-3-4-15(17)19/h5-8,11H,3-4,9-10H2,1-2H3,(H,16,18). The zero-order valence-corrected chi connectivity index (χ0v) is 11.9. The summed E-state index contributed by atoms with van der Waals surface area (Å²) in [5.74, 6) is 0.659. The smallest absolute Gasteiger partial charge is 0.243 e. The number of hydrogen-bond acceptors (Lipinski definition) is 3. The second-order valence-electron chi connectivity index (χ2n) is 5.16. The molecule has 1 fully saturated rings.